The highest BCUT2D eigenvalue weighted by Crippen LogP contribution is 2.25. The molecule has 0 saturated heterocycles. The number of amides is 1. The number of rotatable bonds is 10. The minimum absolute atomic E-state index is 0.0350. The number of nitrogens with zero attached hydrogens (tertiary/aromatic N) is 5. The van der Waals surface area contributed by atoms with Crippen LogP contribution in [0.4, 0.5) is 5.69 Å². The molecule has 0 atom stereocenters. The van der Waals surface area contributed by atoms with Crippen molar-refractivity contribution in [2.24, 2.45) is 12.1 Å². The zero-order valence-electron chi connectivity index (χ0n) is 19.6. The maximum Gasteiger partial charge on any atom is 0.270 e. The van der Waals surface area contributed by atoms with Gasteiger partial charge >= 0.3 is 0 Å². The van der Waals surface area contributed by atoms with E-state index in [4.69, 9.17) is 4.74 Å². The molecule has 37 heavy (non-hydrogen) atoms. The fraction of sp³-hybridized carbons (Fsp3) is 0.120. The number of nitrogens with one attached hydrogen (secondary N) is 1. The van der Waals surface area contributed by atoms with Crippen molar-refractivity contribution >= 4 is 45.5 Å². The first kappa shape index (κ1) is 26.0. The van der Waals surface area contributed by atoms with Gasteiger partial charge in [-0.05, 0) is 29.8 Å². The maximum absolute atomic E-state index is 12.3. The van der Waals surface area contributed by atoms with E-state index < -0.39 is 4.92 Å². The summed E-state index contributed by atoms with van der Waals surface area (Å²) in [6.45, 7) is 0.400. The molecule has 0 fully saturated rings. The third kappa shape index (κ3) is 7.02. The number of carbonyl (C=O) groups is 1. The van der Waals surface area contributed by atoms with E-state index in [-0.39, 0.29) is 17.3 Å². The number of carbonyl (C=O) groups excluding carboxylic acids is 1. The van der Waals surface area contributed by atoms with Crippen LogP contribution in [-0.2, 0) is 18.4 Å². The minimum Gasteiger partial charge on any atom is -0.488 e. The molecule has 0 aliphatic carbocycles. The summed E-state index contributed by atoms with van der Waals surface area (Å²) < 4.78 is 8.60. The lowest BCUT2D eigenvalue weighted by atomic mass is 10.2. The Morgan fingerprint density at radius 2 is 1.95 bits per heavy atom. The fourth-order valence-corrected chi connectivity index (χ4v) is 4.21. The van der Waals surface area contributed by atoms with Crippen LogP contribution in [-0.4, -0.2) is 37.6 Å². The smallest absolute Gasteiger partial charge is 0.270 e. The van der Waals surface area contributed by atoms with Crippen LogP contribution < -0.4 is 10.2 Å². The molecule has 0 radical (unpaired) electrons. The summed E-state index contributed by atoms with van der Waals surface area (Å²) in [6.07, 6.45) is 1.53. The number of hydrogen-bond donors (Lipinski definition) is 1. The molecule has 1 heterocycles. The number of benzene rings is 3. The number of aromatic nitrogens is 3. The quantitative estimate of drug-likeness (QED) is 0.121. The van der Waals surface area contributed by atoms with E-state index >= 15 is 0 Å². The standard InChI is InChI=1S/C25H21BrN6O4S/c1-31-24(18-6-4-7-21(13-18)32(34)35)29-30-25(31)37-16-23(33)28-27-14-19-5-2-3-8-22(19)36-15-17-9-11-20(26)12-10-17/h2-14H,15-16H2,1H3,(H,28,33)/b27-14-. The Labute approximate surface area is 225 Å². The van der Waals surface area contributed by atoms with Crippen LogP contribution >= 0.6 is 27.7 Å². The van der Waals surface area contributed by atoms with Crippen molar-refractivity contribution in [2.75, 3.05) is 5.75 Å². The molecule has 1 amide bonds. The van der Waals surface area contributed by atoms with Crippen molar-refractivity contribution in [3.63, 3.8) is 0 Å². The van der Waals surface area contributed by atoms with Crippen molar-refractivity contribution < 1.29 is 14.5 Å². The average Bonchev–Trinajstić information content (AvgIpc) is 3.28. The number of non-ortho nitro benzene ring substituents is 1. The van der Waals surface area contributed by atoms with E-state index in [2.05, 4.69) is 36.7 Å². The van der Waals surface area contributed by atoms with Crippen molar-refractivity contribution in [3.05, 3.63) is 98.5 Å². The van der Waals surface area contributed by atoms with E-state index in [9.17, 15) is 14.9 Å². The Bertz CT molecular complexity index is 1440. The zero-order valence-corrected chi connectivity index (χ0v) is 22.0. The lowest BCUT2D eigenvalue weighted by Gasteiger charge is -2.09. The molecule has 0 saturated carbocycles. The molecule has 4 aromatic rings. The number of halogens is 1. The molecule has 0 aliphatic rings. The third-order valence-corrected chi connectivity index (χ3v) is 6.65. The molecule has 10 nitrogen and oxygen atoms in total. The first-order chi connectivity index (χ1) is 17.9. The summed E-state index contributed by atoms with van der Waals surface area (Å²) in [4.78, 5) is 22.9. The second-order valence-corrected chi connectivity index (χ2v) is 9.57. The summed E-state index contributed by atoms with van der Waals surface area (Å²) >= 11 is 4.59. The Hall–Kier alpha value is -4.03. The monoisotopic (exact) mass is 580 g/mol. The molecule has 0 spiro atoms. The van der Waals surface area contributed by atoms with Gasteiger partial charge in [-0.3, -0.25) is 14.9 Å². The molecule has 188 valence electrons. The Balaban J connectivity index is 1.31. The van der Waals surface area contributed by atoms with Crippen molar-refractivity contribution in [2.45, 2.75) is 11.8 Å². The second kappa shape index (κ2) is 12.3. The number of nitro groups is 1. The van der Waals surface area contributed by atoms with Crippen LogP contribution in [0, 0.1) is 10.1 Å². The van der Waals surface area contributed by atoms with Gasteiger partial charge in [-0.25, -0.2) is 5.43 Å². The summed E-state index contributed by atoms with van der Waals surface area (Å²) in [5, 5.41) is 23.8. The third-order valence-electron chi connectivity index (χ3n) is 5.10. The van der Waals surface area contributed by atoms with Gasteiger partial charge in [0.05, 0.1) is 16.9 Å². The van der Waals surface area contributed by atoms with E-state index in [0.29, 0.717) is 28.9 Å². The first-order valence-electron chi connectivity index (χ1n) is 11.0. The van der Waals surface area contributed by atoms with Gasteiger partial charge in [0, 0.05) is 34.8 Å². The summed E-state index contributed by atoms with van der Waals surface area (Å²) in [5.41, 5.74) is 4.78. The van der Waals surface area contributed by atoms with Gasteiger partial charge in [-0.15, -0.1) is 10.2 Å². The number of para-hydroxylation sites is 1. The first-order valence-corrected chi connectivity index (χ1v) is 12.7. The van der Waals surface area contributed by atoms with Crippen LogP contribution in [0.5, 0.6) is 5.75 Å². The maximum atomic E-state index is 12.3. The largest absolute Gasteiger partial charge is 0.488 e. The van der Waals surface area contributed by atoms with Crippen LogP contribution in [0.25, 0.3) is 11.4 Å². The van der Waals surface area contributed by atoms with E-state index in [1.165, 1.54) is 30.1 Å². The van der Waals surface area contributed by atoms with Gasteiger partial charge in [0.2, 0.25) is 0 Å². The van der Waals surface area contributed by atoms with Crippen LogP contribution in [0.1, 0.15) is 11.1 Å². The molecule has 1 N–H and O–H groups in total. The van der Waals surface area contributed by atoms with Gasteiger partial charge in [0.25, 0.3) is 11.6 Å². The van der Waals surface area contributed by atoms with Crippen molar-refractivity contribution in [1.82, 2.24) is 20.2 Å². The average molecular weight is 581 g/mol. The molecule has 3 aromatic carbocycles. The normalized spacial score (nSPS) is 11.0. The topological polar surface area (TPSA) is 125 Å². The molecular weight excluding hydrogens is 560 g/mol. The number of nitro benzene ring substituents is 1. The van der Waals surface area contributed by atoms with Gasteiger partial charge in [0.15, 0.2) is 11.0 Å². The predicted octanol–water partition coefficient (Wildman–Crippen LogP) is 4.97. The number of ether oxygens (including phenoxy) is 1. The molecule has 1 aromatic heterocycles. The lowest BCUT2D eigenvalue weighted by Crippen LogP contribution is -2.20. The summed E-state index contributed by atoms with van der Waals surface area (Å²) in [5.74, 6) is 0.837. The molecule has 0 aliphatic heterocycles. The molecule has 0 bridgehead atoms. The zero-order chi connectivity index (χ0) is 26.2. The minimum atomic E-state index is -0.465. The van der Waals surface area contributed by atoms with Gasteiger partial charge in [-0.2, -0.15) is 5.10 Å². The van der Waals surface area contributed by atoms with Crippen LogP contribution in [0.3, 0.4) is 0 Å². The summed E-state index contributed by atoms with van der Waals surface area (Å²) in [7, 11) is 1.73. The molecule has 0 unspecified atom stereocenters. The van der Waals surface area contributed by atoms with Gasteiger partial charge < -0.3 is 9.30 Å². The Morgan fingerprint density at radius 3 is 2.73 bits per heavy atom. The van der Waals surface area contributed by atoms with Gasteiger partial charge in [-0.1, -0.05) is 64.1 Å². The molecule has 12 heteroatoms. The van der Waals surface area contributed by atoms with E-state index in [0.717, 1.165) is 15.6 Å². The van der Waals surface area contributed by atoms with Crippen molar-refractivity contribution in [3.8, 4) is 17.1 Å². The second-order valence-electron chi connectivity index (χ2n) is 7.71. The number of hydrogen-bond acceptors (Lipinski definition) is 8. The SMILES string of the molecule is Cn1c(SCC(=O)N/N=C\c2ccccc2OCc2ccc(Br)cc2)nnc1-c1cccc([N+](=O)[O-])c1. The molecular formula is C25H21BrN6O4S. The van der Waals surface area contributed by atoms with E-state index in [1.54, 1.807) is 23.7 Å². The van der Waals surface area contributed by atoms with Gasteiger partial charge in [0.1, 0.15) is 12.4 Å². The predicted molar refractivity (Wildman–Crippen MR) is 144 cm³/mol. The fourth-order valence-electron chi connectivity index (χ4n) is 3.25. The van der Waals surface area contributed by atoms with Crippen molar-refractivity contribution in [1.29, 1.82) is 0 Å². The molecule has 4 rings (SSSR count). The number of thioether (sulfide) groups is 1. The Kier molecular flexibility index (Phi) is 8.64. The Morgan fingerprint density at radius 1 is 1.16 bits per heavy atom. The lowest BCUT2D eigenvalue weighted by molar-refractivity contribution is -0.384. The summed E-state index contributed by atoms with van der Waals surface area (Å²) in [6, 6.07) is 21.4. The van der Waals surface area contributed by atoms with Crippen LogP contribution in [0.2, 0.25) is 0 Å². The highest BCUT2D eigenvalue weighted by molar-refractivity contribution is 9.10. The number of hydrazone groups is 1. The highest BCUT2D eigenvalue weighted by atomic mass is 79.9. The van der Waals surface area contributed by atoms with Crippen LogP contribution in [0.15, 0.2) is 87.5 Å². The highest BCUT2D eigenvalue weighted by Gasteiger charge is 2.15. The van der Waals surface area contributed by atoms with E-state index in [1.807, 2.05) is 48.5 Å².